The van der Waals surface area contributed by atoms with Gasteiger partial charge in [0, 0.05) is 38.5 Å². The van der Waals surface area contributed by atoms with Crippen LogP contribution in [0.25, 0.3) is 10.9 Å². The fourth-order valence-corrected chi connectivity index (χ4v) is 2.73. The van der Waals surface area contributed by atoms with Crippen LogP contribution in [-0.4, -0.2) is 32.8 Å². The molecule has 1 aromatic heterocycles. The quantitative estimate of drug-likeness (QED) is 0.799. The Morgan fingerprint density at radius 1 is 1.38 bits per heavy atom. The Morgan fingerprint density at radius 3 is 2.76 bits per heavy atom. The van der Waals surface area contributed by atoms with Gasteiger partial charge in [0.1, 0.15) is 0 Å². The lowest BCUT2D eigenvalue weighted by Crippen LogP contribution is -2.31. The lowest BCUT2D eigenvalue weighted by Gasteiger charge is -2.23. The number of rotatable bonds is 7. The third-order valence-corrected chi connectivity index (χ3v) is 3.71. The maximum Gasteiger partial charge on any atom is 0.0843 e. The normalized spacial score (nSPS) is 11.7. The minimum atomic E-state index is 0.578. The van der Waals surface area contributed by atoms with Crippen LogP contribution in [0.4, 0.5) is 0 Å². The summed E-state index contributed by atoms with van der Waals surface area (Å²) in [4.78, 5) is 2.97. The molecule has 4 nitrogen and oxygen atoms in total. The molecule has 0 unspecified atom stereocenters. The average molecular weight is 304 g/mol. The zero-order valence-electron chi connectivity index (χ0n) is 13.0. The van der Waals surface area contributed by atoms with E-state index in [0.717, 1.165) is 31.7 Å². The van der Waals surface area contributed by atoms with Gasteiger partial charge in [0.25, 0.3) is 0 Å². The highest BCUT2D eigenvalue weighted by atomic mass is 32.1. The summed E-state index contributed by atoms with van der Waals surface area (Å²) in [6.07, 6.45) is 0.757. The predicted molar refractivity (Wildman–Crippen MR) is 92.2 cm³/mol. The first kappa shape index (κ1) is 15.9. The van der Waals surface area contributed by atoms with Crippen LogP contribution in [0.15, 0.2) is 24.3 Å². The third kappa shape index (κ3) is 4.25. The van der Waals surface area contributed by atoms with Crippen LogP contribution in [0.5, 0.6) is 0 Å². The fraction of sp³-hybridized carbons (Fsp3) is 0.500. The Bertz CT molecular complexity index is 618. The van der Waals surface area contributed by atoms with Crippen LogP contribution < -0.4 is 5.73 Å². The van der Waals surface area contributed by atoms with E-state index in [1.54, 1.807) is 0 Å². The Kier molecular flexibility index (Phi) is 5.31. The molecule has 21 heavy (non-hydrogen) atoms. The predicted octanol–water partition coefficient (Wildman–Crippen LogP) is 2.71. The van der Waals surface area contributed by atoms with Crippen LogP contribution in [-0.2, 0) is 13.6 Å². The van der Waals surface area contributed by atoms with E-state index in [1.165, 1.54) is 10.9 Å². The van der Waals surface area contributed by atoms with Crippen molar-refractivity contribution in [2.75, 3.05) is 13.1 Å². The Morgan fingerprint density at radius 2 is 2.10 bits per heavy atom. The number of fused-ring (bicyclic) bond motifs is 1. The van der Waals surface area contributed by atoms with E-state index in [4.69, 9.17) is 18.0 Å². The fourth-order valence-electron chi connectivity index (χ4n) is 2.64. The Balaban J connectivity index is 2.19. The van der Waals surface area contributed by atoms with Gasteiger partial charge < -0.3 is 5.73 Å². The van der Waals surface area contributed by atoms with Gasteiger partial charge in [-0.05, 0) is 12.0 Å². The van der Waals surface area contributed by atoms with Crippen molar-refractivity contribution in [2.45, 2.75) is 26.8 Å². The van der Waals surface area contributed by atoms with Gasteiger partial charge in [-0.25, -0.2) is 0 Å². The van der Waals surface area contributed by atoms with Gasteiger partial charge in [-0.15, -0.1) is 0 Å². The van der Waals surface area contributed by atoms with Crippen molar-refractivity contribution >= 4 is 28.1 Å². The molecule has 0 bridgehead atoms. The maximum atomic E-state index is 5.64. The lowest BCUT2D eigenvalue weighted by atomic mass is 10.1. The van der Waals surface area contributed by atoms with Crippen molar-refractivity contribution in [1.29, 1.82) is 0 Å². The van der Waals surface area contributed by atoms with Crippen molar-refractivity contribution in [3.63, 3.8) is 0 Å². The van der Waals surface area contributed by atoms with Gasteiger partial charge in [0.05, 0.1) is 16.2 Å². The molecule has 0 atom stereocenters. The second-order valence-corrected chi connectivity index (χ2v) is 6.46. The number of benzene rings is 1. The van der Waals surface area contributed by atoms with Crippen molar-refractivity contribution in [3.8, 4) is 0 Å². The standard InChI is InChI=1S/C16H24N4S/c1-12(2)10-20(9-8-16(17)21)11-14-13-6-4-5-7-15(13)19(3)18-14/h4-7,12H,8-11H2,1-3H3,(H2,17,21). The number of hydrogen-bond donors (Lipinski definition) is 1. The van der Waals surface area contributed by atoms with Gasteiger partial charge in [-0.3, -0.25) is 9.58 Å². The zero-order valence-corrected chi connectivity index (χ0v) is 13.9. The molecule has 0 fully saturated rings. The van der Waals surface area contributed by atoms with Crippen molar-refractivity contribution in [2.24, 2.45) is 18.7 Å². The molecule has 2 rings (SSSR count). The molecule has 0 saturated carbocycles. The minimum absolute atomic E-state index is 0.578. The summed E-state index contributed by atoms with van der Waals surface area (Å²) in [6, 6.07) is 8.36. The first-order chi connectivity index (χ1) is 9.97. The number of aromatic nitrogens is 2. The molecule has 0 aliphatic rings. The van der Waals surface area contributed by atoms with Crippen molar-refractivity contribution in [1.82, 2.24) is 14.7 Å². The van der Waals surface area contributed by atoms with Crippen LogP contribution in [0.1, 0.15) is 26.0 Å². The maximum absolute atomic E-state index is 5.64. The largest absolute Gasteiger partial charge is 0.393 e. The topological polar surface area (TPSA) is 47.1 Å². The summed E-state index contributed by atoms with van der Waals surface area (Å²) < 4.78 is 1.95. The third-order valence-electron chi connectivity index (χ3n) is 3.51. The van der Waals surface area contributed by atoms with Gasteiger partial charge in [-0.1, -0.05) is 44.3 Å². The molecule has 0 radical (unpaired) electrons. The molecular formula is C16H24N4S. The second kappa shape index (κ2) is 7.00. The minimum Gasteiger partial charge on any atom is -0.393 e. The lowest BCUT2D eigenvalue weighted by molar-refractivity contribution is 0.240. The summed E-state index contributed by atoms with van der Waals surface area (Å²) in [5.41, 5.74) is 7.94. The summed E-state index contributed by atoms with van der Waals surface area (Å²) in [6.45, 7) is 7.20. The van der Waals surface area contributed by atoms with Crippen molar-refractivity contribution < 1.29 is 0 Å². The number of thiocarbonyl (C=S) groups is 1. The molecule has 1 heterocycles. The number of aryl methyl sites for hydroxylation is 1. The first-order valence-electron chi connectivity index (χ1n) is 7.38. The zero-order chi connectivity index (χ0) is 15.4. The van der Waals surface area contributed by atoms with Gasteiger partial charge >= 0.3 is 0 Å². The smallest absolute Gasteiger partial charge is 0.0843 e. The molecule has 0 amide bonds. The van der Waals surface area contributed by atoms with Crippen LogP contribution in [0.2, 0.25) is 0 Å². The molecule has 0 spiro atoms. The highest BCUT2D eigenvalue weighted by molar-refractivity contribution is 7.80. The van der Waals surface area contributed by atoms with Gasteiger partial charge in [0.15, 0.2) is 0 Å². The van der Waals surface area contributed by atoms with E-state index in [0.29, 0.717) is 10.9 Å². The van der Waals surface area contributed by atoms with Crippen LogP contribution in [0.3, 0.4) is 0 Å². The summed E-state index contributed by atoms with van der Waals surface area (Å²) >= 11 is 5.00. The number of para-hydroxylation sites is 1. The molecule has 5 heteroatoms. The highest BCUT2D eigenvalue weighted by Gasteiger charge is 2.14. The summed E-state index contributed by atoms with van der Waals surface area (Å²) in [7, 11) is 1.99. The second-order valence-electron chi connectivity index (χ2n) is 5.93. The average Bonchev–Trinajstić information content (AvgIpc) is 2.73. The van der Waals surface area contributed by atoms with E-state index >= 15 is 0 Å². The van der Waals surface area contributed by atoms with Crippen LogP contribution >= 0.6 is 12.2 Å². The summed E-state index contributed by atoms with van der Waals surface area (Å²) in [5.74, 6) is 0.603. The first-order valence-corrected chi connectivity index (χ1v) is 7.79. The van der Waals surface area contributed by atoms with Gasteiger partial charge in [0.2, 0.25) is 0 Å². The summed E-state index contributed by atoms with van der Waals surface area (Å²) in [5, 5.41) is 5.90. The van der Waals surface area contributed by atoms with E-state index in [1.807, 2.05) is 17.8 Å². The number of nitrogens with two attached hydrogens (primary N) is 1. The molecule has 114 valence electrons. The van der Waals surface area contributed by atoms with E-state index in [2.05, 4.69) is 42.0 Å². The van der Waals surface area contributed by atoms with E-state index in [-0.39, 0.29) is 0 Å². The number of nitrogens with zero attached hydrogens (tertiary/aromatic N) is 3. The Hall–Kier alpha value is -1.46. The Labute approximate surface area is 131 Å². The highest BCUT2D eigenvalue weighted by Crippen LogP contribution is 2.19. The van der Waals surface area contributed by atoms with Crippen molar-refractivity contribution in [3.05, 3.63) is 30.0 Å². The van der Waals surface area contributed by atoms with Gasteiger partial charge in [-0.2, -0.15) is 5.10 Å². The molecule has 0 aliphatic carbocycles. The van der Waals surface area contributed by atoms with Crippen LogP contribution in [0, 0.1) is 5.92 Å². The molecule has 2 aromatic rings. The molecule has 2 N–H and O–H groups in total. The molecule has 0 saturated heterocycles. The van der Waals surface area contributed by atoms with E-state index < -0.39 is 0 Å². The number of hydrogen-bond acceptors (Lipinski definition) is 3. The molecule has 1 aromatic carbocycles. The van der Waals surface area contributed by atoms with E-state index in [9.17, 15) is 0 Å². The molecular weight excluding hydrogens is 280 g/mol. The SMILES string of the molecule is CC(C)CN(CCC(N)=S)Cc1nn(C)c2ccccc12. The monoisotopic (exact) mass is 304 g/mol. The molecule has 0 aliphatic heterocycles.